The molecular formula is C7H10N4O3. The summed E-state index contributed by atoms with van der Waals surface area (Å²) >= 11 is 0. The summed E-state index contributed by atoms with van der Waals surface area (Å²) < 4.78 is 0. The van der Waals surface area contributed by atoms with Gasteiger partial charge in [0.15, 0.2) is 0 Å². The van der Waals surface area contributed by atoms with Gasteiger partial charge >= 0.3 is 5.69 Å². The van der Waals surface area contributed by atoms with E-state index in [2.05, 4.69) is 10.4 Å². The number of hydrogen-bond donors (Lipinski definition) is 3. The number of nitrogens with zero attached hydrogens (tertiary/aromatic N) is 1. The van der Waals surface area contributed by atoms with Crippen molar-refractivity contribution in [2.75, 3.05) is 14.1 Å². The quantitative estimate of drug-likeness (QED) is 0.492. The van der Waals surface area contributed by atoms with Gasteiger partial charge in [0.05, 0.1) is 0 Å². The predicted octanol–water partition coefficient (Wildman–Crippen LogP) is -1.73. The van der Waals surface area contributed by atoms with Crippen molar-refractivity contribution in [2.24, 2.45) is 0 Å². The van der Waals surface area contributed by atoms with Crippen molar-refractivity contribution >= 4 is 5.91 Å². The number of H-pyrrole nitrogens is 2. The maximum atomic E-state index is 11.3. The molecule has 0 unspecified atom stereocenters. The van der Waals surface area contributed by atoms with Crippen LogP contribution in [0.25, 0.3) is 0 Å². The number of rotatable bonds is 2. The average molecular weight is 198 g/mol. The van der Waals surface area contributed by atoms with Crippen molar-refractivity contribution in [3.8, 4) is 0 Å². The molecule has 1 rings (SSSR count). The molecule has 1 amide bonds. The Kier molecular flexibility index (Phi) is 2.82. The Labute approximate surface area is 78.7 Å². The second kappa shape index (κ2) is 3.88. The topological polar surface area (TPSA) is 98.1 Å². The Bertz CT molecular complexity index is 416. The van der Waals surface area contributed by atoms with E-state index in [1.165, 1.54) is 5.01 Å². The molecule has 14 heavy (non-hydrogen) atoms. The van der Waals surface area contributed by atoms with Crippen molar-refractivity contribution in [3.63, 3.8) is 0 Å². The van der Waals surface area contributed by atoms with E-state index in [4.69, 9.17) is 0 Å². The zero-order valence-electron chi connectivity index (χ0n) is 7.75. The van der Waals surface area contributed by atoms with Gasteiger partial charge in [-0.25, -0.2) is 9.80 Å². The molecule has 0 saturated carbocycles. The van der Waals surface area contributed by atoms with E-state index < -0.39 is 17.2 Å². The predicted molar refractivity (Wildman–Crippen MR) is 48.8 cm³/mol. The monoisotopic (exact) mass is 198 g/mol. The Morgan fingerprint density at radius 2 is 2.00 bits per heavy atom. The van der Waals surface area contributed by atoms with Crippen LogP contribution in [-0.4, -0.2) is 35.0 Å². The largest absolute Gasteiger partial charge is 0.326 e. The standard InChI is InChI=1S/C7H10N4O3/c1-11(2)10-6(13)4-3-5(12)9-7(14)8-4/h3H,1-2H3,(H,10,13)(H2,8,9,12,14). The molecule has 0 radical (unpaired) electrons. The van der Waals surface area contributed by atoms with Crippen LogP contribution in [0.2, 0.25) is 0 Å². The third-order valence-electron chi connectivity index (χ3n) is 1.33. The Morgan fingerprint density at radius 1 is 1.36 bits per heavy atom. The summed E-state index contributed by atoms with van der Waals surface area (Å²) in [5.74, 6) is -0.543. The summed E-state index contributed by atoms with van der Waals surface area (Å²) in [6.45, 7) is 0. The summed E-state index contributed by atoms with van der Waals surface area (Å²) in [5.41, 5.74) is 0.988. The normalized spacial score (nSPS) is 10.2. The van der Waals surface area contributed by atoms with Crippen LogP contribution in [0.5, 0.6) is 0 Å². The Morgan fingerprint density at radius 3 is 2.50 bits per heavy atom. The zero-order chi connectivity index (χ0) is 10.7. The summed E-state index contributed by atoms with van der Waals surface area (Å²) in [7, 11) is 3.23. The highest BCUT2D eigenvalue weighted by atomic mass is 16.2. The average Bonchev–Trinajstić information content (AvgIpc) is 2.00. The summed E-state index contributed by atoms with van der Waals surface area (Å²) in [6, 6.07) is 1.01. The first-order valence-corrected chi connectivity index (χ1v) is 3.81. The van der Waals surface area contributed by atoms with Gasteiger partial charge in [-0.3, -0.25) is 20.0 Å². The van der Waals surface area contributed by atoms with E-state index in [1.807, 2.05) is 4.98 Å². The molecule has 0 aliphatic carbocycles. The number of aromatic nitrogens is 2. The van der Waals surface area contributed by atoms with Crippen LogP contribution in [0.1, 0.15) is 10.5 Å². The fourth-order valence-corrected chi connectivity index (χ4v) is 0.854. The summed E-state index contributed by atoms with van der Waals surface area (Å²) in [4.78, 5) is 37.1. The van der Waals surface area contributed by atoms with Gasteiger partial charge in [-0.05, 0) is 0 Å². The van der Waals surface area contributed by atoms with Gasteiger partial charge in [0.1, 0.15) is 5.69 Å². The molecule has 7 nitrogen and oxygen atoms in total. The molecule has 76 valence electrons. The molecule has 0 aliphatic heterocycles. The summed E-state index contributed by atoms with van der Waals surface area (Å²) in [5, 5.41) is 1.40. The summed E-state index contributed by atoms with van der Waals surface area (Å²) in [6.07, 6.45) is 0. The van der Waals surface area contributed by atoms with E-state index >= 15 is 0 Å². The van der Waals surface area contributed by atoms with Gasteiger partial charge in [0.25, 0.3) is 11.5 Å². The van der Waals surface area contributed by atoms with E-state index in [9.17, 15) is 14.4 Å². The molecular weight excluding hydrogens is 188 g/mol. The molecule has 0 aliphatic rings. The number of amides is 1. The van der Waals surface area contributed by atoms with Crippen LogP contribution in [0, 0.1) is 0 Å². The van der Waals surface area contributed by atoms with Gasteiger partial charge in [-0.2, -0.15) is 0 Å². The fourth-order valence-electron chi connectivity index (χ4n) is 0.854. The highest BCUT2D eigenvalue weighted by Gasteiger charge is 2.07. The van der Waals surface area contributed by atoms with Gasteiger partial charge < -0.3 is 4.98 Å². The zero-order valence-corrected chi connectivity index (χ0v) is 7.75. The van der Waals surface area contributed by atoms with Crippen LogP contribution < -0.4 is 16.7 Å². The first-order chi connectivity index (χ1) is 6.49. The molecule has 0 fully saturated rings. The molecule has 0 saturated heterocycles. The van der Waals surface area contributed by atoms with Crippen molar-refractivity contribution in [3.05, 3.63) is 32.6 Å². The lowest BCUT2D eigenvalue weighted by molar-refractivity contribution is 0.0851. The van der Waals surface area contributed by atoms with Crippen molar-refractivity contribution < 1.29 is 4.79 Å². The van der Waals surface area contributed by atoms with Crippen molar-refractivity contribution in [1.29, 1.82) is 0 Å². The number of carbonyl (C=O) groups is 1. The van der Waals surface area contributed by atoms with Crippen LogP contribution in [0.4, 0.5) is 0 Å². The lowest BCUT2D eigenvalue weighted by Crippen LogP contribution is -2.38. The molecule has 1 heterocycles. The first-order valence-electron chi connectivity index (χ1n) is 3.81. The van der Waals surface area contributed by atoms with Crippen LogP contribution >= 0.6 is 0 Å². The molecule has 0 bridgehead atoms. The minimum Gasteiger partial charge on any atom is -0.303 e. The second-order valence-corrected chi connectivity index (χ2v) is 2.84. The van der Waals surface area contributed by atoms with Gasteiger partial charge in [0.2, 0.25) is 0 Å². The molecule has 1 aromatic heterocycles. The van der Waals surface area contributed by atoms with E-state index in [0.29, 0.717) is 0 Å². The van der Waals surface area contributed by atoms with E-state index in [0.717, 1.165) is 6.07 Å². The highest BCUT2D eigenvalue weighted by Crippen LogP contribution is 1.84. The highest BCUT2D eigenvalue weighted by molar-refractivity contribution is 5.91. The minimum absolute atomic E-state index is 0.0764. The molecule has 3 N–H and O–H groups in total. The van der Waals surface area contributed by atoms with Gasteiger partial charge in [0, 0.05) is 20.2 Å². The number of nitrogens with one attached hydrogen (secondary N) is 3. The minimum atomic E-state index is -0.707. The van der Waals surface area contributed by atoms with E-state index in [1.54, 1.807) is 14.1 Å². The maximum absolute atomic E-state index is 11.3. The fraction of sp³-hybridized carbons (Fsp3) is 0.286. The molecule has 7 heteroatoms. The van der Waals surface area contributed by atoms with Crippen molar-refractivity contribution in [1.82, 2.24) is 20.4 Å². The third-order valence-corrected chi connectivity index (χ3v) is 1.33. The van der Waals surface area contributed by atoms with Crippen LogP contribution in [-0.2, 0) is 0 Å². The number of hydrazine groups is 1. The van der Waals surface area contributed by atoms with Crippen molar-refractivity contribution in [2.45, 2.75) is 0 Å². The number of aromatic amines is 2. The number of hydrogen-bond acceptors (Lipinski definition) is 4. The molecule has 1 aromatic rings. The Hall–Kier alpha value is -1.89. The number of carbonyl (C=O) groups excluding carboxylic acids is 1. The smallest absolute Gasteiger partial charge is 0.303 e. The molecule has 0 aromatic carbocycles. The Balaban J connectivity index is 3.02. The van der Waals surface area contributed by atoms with Gasteiger partial charge in [-0.15, -0.1) is 0 Å². The second-order valence-electron chi connectivity index (χ2n) is 2.84. The molecule has 0 atom stereocenters. The molecule has 0 spiro atoms. The lowest BCUT2D eigenvalue weighted by atomic mass is 10.4. The SMILES string of the molecule is CN(C)NC(=O)c1cc(=O)[nH]c(=O)[nH]1. The van der Waals surface area contributed by atoms with E-state index in [-0.39, 0.29) is 5.69 Å². The maximum Gasteiger partial charge on any atom is 0.326 e. The lowest BCUT2D eigenvalue weighted by Gasteiger charge is -2.10. The van der Waals surface area contributed by atoms with Crippen LogP contribution in [0.15, 0.2) is 15.7 Å². The third kappa shape index (κ3) is 2.56. The van der Waals surface area contributed by atoms with Gasteiger partial charge in [-0.1, -0.05) is 0 Å². The first kappa shape index (κ1) is 10.2. The van der Waals surface area contributed by atoms with Crippen LogP contribution in [0.3, 0.4) is 0 Å².